The van der Waals surface area contributed by atoms with E-state index in [0.717, 1.165) is 42.4 Å². The maximum atomic E-state index is 12.6. The van der Waals surface area contributed by atoms with Crippen LogP contribution < -0.4 is 9.80 Å². The van der Waals surface area contributed by atoms with Gasteiger partial charge in [-0.15, -0.1) is 0 Å². The highest BCUT2D eigenvalue weighted by Gasteiger charge is 2.34. The van der Waals surface area contributed by atoms with Crippen LogP contribution in [0.3, 0.4) is 0 Å². The SMILES string of the molecule is O=C(CN1C2=NCCCN2c2ccccc21)c1ccccc1. The average Bonchev–Trinajstić information content (AvgIpc) is 2.90. The molecule has 22 heavy (non-hydrogen) atoms. The Morgan fingerprint density at radius 3 is 2.55 bits per heavy atom. The summed E-state index contributed by atoms with van der Waals surface area (Å²) in [5, 5.41) is 0. The average molecular weight is 291 g/mol. The van der Waals surface area contributed by atoms with Crippen LogP contribution in [0.2, 0.25) is 0 Å². The molecule has 0 unspecified atom stereocenters. The van der Waals surface area contributed by atoms with E-state index in [0.29, 0.717) is 6.54 Å². The van der Waals surface area contributed by atoms with E-state index >= 15 is 0 Å². The van der Waals surface area contributed by atoms with Gasteiger partial charge in [0.05, 0.1) is 17.9 Å². The molecular weight excluding hydrogens is 274 g/mol. The molecule has 0 spiro atoms. The fourth-order valence-corrected chi connectivity index (χ4v) is 3.10. The number of guanidine groups is 1. The van der Waals surface area contributed by atoms with Gasteiger partial charge >= 0.3 is 0 Å². The molecule has 4 nitrogen and oxygen atoms in total. The second-order valence-corrected chi connectivity index (χ2v) is 5.55. The Morgan fingerprint density at radius 1 is 1.00 bits per heavy atom. The zero-order valence-corrected chi connectivity index (χ0v) is 12.3. The van der Waals surface area contributed by atoms with Crippen molar-refractivity contribution in [3.05, 3.63) is 60.2 Å². The highest BCUT2D eigenvalue weighted by Crippen LogP contribution is 2.38. The topological polar surface area (TPSA) is 35.9 Å². The number of hydrogen-bond acceptors (Lipinski definition) is 4. The van der Waals surface area contributed by atoms with E-state index in [2.05, 4.69) is 22.0 Å². The van der Waals surface area contributed by atoms with Gasteiger partial charge in [0.15, 0.2) is 5.78 Å². The third kappa shape index (κ3) is 2.08. The van der Waals surface area contributed by atoms with Crippen LogP contribution in [-0.4, -0.2) is 31.4 Å². The Hall–Kier alpha value is -2.62. The summed E-state index contributed by atoms with van der Waals surface area (Å²) >= 11 is 0. The molecule has 2 heterocycles. The summed E-state index contributed by atoms with van der Waals surface area (Å²) < 4.78 is 0. The van der Waals surface area contributed by atoms with Crippen molar-refractivity contribution in [2.45, 2.75) is 6.42 Å². The molecule has 0 radical (unpaired) electrons. The molecule has 0 bridgehead atoms. The minimum absolute atomic E-state index is 0.116. The van der Waals surface area contributed by atoms with Crippen molar-refractivity contribution in [3.63, 3.8) is 0 Å². The minimum atomic E-state index is 0.116. The number of benzene rings is 2. The van der Waals surface area contributed by atoms with Gasteiger partial charge in [0, 0.05) is 18.7 Å². The molecule has 2 aromatic carbocycles. The van der Waals surface area contributed by atoms with Crippen molar-refractivity contribution in [3.8, 4) is 0 Å². The summed E-state index contributed by atoms with van der Waals surface area (Å²) in [7, 11) is 0. The molecule has 0 aliphatic carbocycles. The summed E-state index contributed by atoms with van der Waals surface area (Å²) in [6.07, 6.45) is 1.05. The number of anilines is 2. The van der Waals surface area contributed by atoms with Crippen LogP contribution in [0.25, 0.3) is 0 Å². The van der Waals surface area contributed by atoms with Crippen LogP contribution in [0.1, 0.15) is 16.8 Å². The lowest BCUT2D eigenvalue weighted by molar-refractivity contribution is 0.100. The van der Waals surface area contributed by atoms with E-state index in [-0.39, 0.29) is 5.78 Å². The number of Topliss-reactive ketones (excluding diaryl/α,β-unsaturated/α-hetero) is 1. The van der Waals surface area contributed by atoms with Crippen LogP contribution in [0.4, 0.5) is 11.4 Å². The van der Waals surface area contributed by atoms with Gasteiger partial charge in [0.1, 0.15) is 0 Å². The first-order valence-electron chi connectivity index (χ1n) is 7.61. The highest BCUT2D eigenvalue weighted by atomic mass is 16.1. The Bertz CT molecular complexity index is 739. The number of para-hydroxylation sites is 2. The number of carbonyl (C=O) groups is 1. The van der Waals surface area contributed by atoms with E-state index in [1.165, 1.54) is 0 Å². The van der Waals surface area contributed by atoms with Gasteiger partial charge in [-0.2, -0.15) is 0 Å². The van der Waals surface area contributed by atoms with E-state index in [4.69, 9.17) is 0 Å². The van der Waals surface area contributed by atoms with Gasteiger partial charge in [0.2, 0.25) is 5.96 Å². The van der Waals surface area contributed by atoms with E-state index in [1.807, 2.05) is 47.4 Å². The van der Waals surface area contributed by atoms with Gasteiger partial charge in [-0.3, -0.25) is 9.79 Å². The molecule has 0 atom stereocenters. The van der Waals surface area contributed by atoms with Crippen LogP contribution in [-0.2, 0) is 0 Å². The summed E-state index contributed by atoms with van der Waals surface area (Å²) in [4.78, 5) is 21.5. The standard InChI is InChI=1S/C18H17N3O/c22-17(14-7-2-1-3-8-14)13-21-16-10-5-4-9-15(16)20-12-6-11-19-18(20)21/h1-5,7-10H,6,11-13H2. The molecule has 0 fully saturated rings. The maximum absolute atomic E-state index is 12.6. The third-order valence-corrected chi connectivity index (χ3v) is 4.14. The Morgan fingerprint density at radius 2 is 1.73 bits per heavy atom. The second kappa shape index (κ2) is 5.30. The van der Waals surface area contributed by atoms with Crippen LogP contribution in [0.15, 0.2) is 59.6 Å². The first-order chi connectivity index (χ1) is 10.8. The molecule has 4 heteroatoms. The fraction of sp³-hybridized carbons (Fsp3) is 0.222. The Labute approximate surface area is 129 Å². The van der Waals surface area contributed by atoms with E-state index < -0.39 is 0 Å². The normalized spacial score (nSPS) is 16.1. The van der Waals surface area contributed by atoms with Gasteiger partial charge in [-0.25, -0.2) is 0 Å². The van der Waals surface area contributed by atoms with Crippen molar-refractivity contribution in [2.24, 2.45) is 4.99 Å². The summed E-state index contributed by atoms with van der Waals surface area (Å²) in [6, 6.07) is 17.7. The number of nitrogens with zero attached hydrogens (tertiary/aromatic N) is 3. The number of aliphatic imine (C=N–C) groups is 1. The lowest BCUT2D eigenvalue weighted by Crippen LogP contribution is -2.43. The van der Waals surface area contributed by atoms with Crippen LogP contribution >= 0.6 is 0 Å². The lowest BCUT2D eigenvalue weighted by Gasteiger charge is -2.26. The summed E-state index contributed by atoms with van der Waals surface area (Å²) in [6.45, 7) is 2.12. The lowest BCUT2D eigenvalue weighted by atomic mass is 10.1. The van der Waals surface area contributed by atoms with Gasteiger partial charge in [-0.1, -0.05) is 42.5 Å². The Balaban J connectivity index is 1.69. The molecule has 2 aliphatic heterocycles. The molecule has 2 aliphatic rings. The van der Waals surface area contributed by atoms with Crippen molar-refractivity contribution in [2.75, 3.05) is 29.4 Å². The summed E-state index contributed by atoms with van der Waals surface area (Å²) in [5.74, 6) is 1.03. The molecule has 110 valence electrons. The van der Waals surface area contributed by atoms with Crippen molar-refractivity contribution >= 4 is 23.1 Å². The first kappa shape index (κ1) is 13.1. The van der Waals surface area contributed by atoms with Crippen molar-refractivity contribution in [1.82, 2.24) is 0 Å². The largest absolute Gasteiger partial charge is 0.310 e. The van der Waals surface area contributed by atoms with Gasteiger partial charge in [0.25, 0.3) is 0 Å². The molecular formula is C18H17N3O. The molecule has 0 saturated carbocycles. The van der Waals surface area contributed by atoms with E-state index in [9.17, 15) is 4.79 Å². The van der Waals surface area contributed by atoms with Gasteiger partial charge in [-0.05, 0) is 18.6 Å². The monoisotopic (exact) mass is 291 g/mol. The van der Waals surface area contributed by atoms with Crippen LogP contribution in [0.5, 0.6) is 0 Å². The van der Waals surface area contributed by atoms with Gasteiger partial charge < -0.3 is 9.80 Å². The first-order valence-corrected chi connectivity index (χ1v) is 7.61. The zero-order chi connectivity index (χ0) is 14.9. The molecule has 2 aromatic rings. The number of rotatable bonds is 3. The van der Waals surface area contributed by atoms with E-state index in [1.54, 1.807) is 0 Å². The number of fused-ring (bicyclic) bond motifs is 3. The molecule has 4 rings (SSSR count). The maximum Gasteiger partial charge on any atom is 0.206 e. The fourth-order valence-electron chi connectivity index (χ4n) is 3.10. The quantitative estimate of drug-likeness (QED) is 0.816. The number of ketones is 1. The van der Waals surface area contributed by atoms with Crippen molar-refractivity contribution < 1.29 is 4.79 Å². The number of carbonyl (C=O) groups excluding carboxylic acids is 1. The Kier molecular flexibility index (Phi) is 3.15. The predicted molar refractivity (Wildman–Crippen MR) is 88.8 cm³/mol. The zero-order valence-electron chi connectivity index (χ0n) is 12.3. The minimum Gasteiger partial charge on any atom is -0.310 e. The predicted octanol–water partition coefficient (Wildman–Crippen LogP) is 2.96. The molecule has 0 aromatic heterocycles. The highest BCUT2D eigenvalue weighted by molar-refractivity contribution is 6.19. The molecule has 0 amide bonds. The number of hydrogen-bond donors (Lipinski definition) is 0. The molecule has 0 saturated heterocycles. The third-order valence-electron chi connectivity index (χ3n) is 4.14. The van der Waals surface area contributed by atoms with Crippen molar-refractivity contribution in [1.29, 1.82) is 0 Å². The second-order valence-electron chi connectivity index (χ2n) is 5.55. The smallest absolute Gasteiger partial charge is 0.206 e. The van der Waals surface area contributed by atoms with Crippen LogP contribution in [0, 0.1) is 0 Å². The summed E-state index contributed by atoms with van der Waals surface area (Å²) in [5.41, 5.74) is 2.98. The molecule has 0 N–H and O–H groups in total.